The third-order valence-electron chi connectivity index (χ3n) is 5.52. The van der Waals surface area contributed by atoms with Crippen LogP contribution in [0.25, 0.3) is 0 Å². The zero-order chi connectivity index (χ0) is 27.8. The number of nitrogens with zero attached hydrogens (tertiary/aromatic N) is 2. The van der Waals surface area contributed by atoms with Crippen molar-refractivity contribution in [2.75, 3.05) is 30.3 Å². The Labute approximate surface area is 229 Å². The molecule has 11 heteroatoms. The summed E-state index contributed by atoms with van der Waals surface area (Å²) in [6.45, 7) is 7.81. The molecule has 0 aromatic heterocycles. The number of hydrogen-bond acceptors (Lipinski definition) is 5. The topological polar surface area (TPSA) is 96.0 Å². The largest absolute Gasteiger partial charge is 0.492 e. The second-order valence-electron chi connectivity index (χ2n) is 9.00. The van der Waals surface area contributed by atoms with Gasteiger partial charge in [-0.3, -0.25) is 13.9 Å². The van der Waals surface area contributed by atoms with E-state index >= 15 is 0 Å². The number of benzene rings is 2. The van der Waals surface area contributed by atoms with Gasteiger partial charge in [0.05, 0.1) is 28.6 Å². The summed E-state index contributed by atoms with van der Waals surface area (Å²) in [4.78, 5) is 28.3. The van der Waals surface area contributed by atoms with Gasteiger partial charge in [0.15, 0.2) is 0 Å². The third-order valence-corrected chi connectivity index (χ3v) is 7.39. The molecule has 0 aliphatic rings. The molecule has 0 radical (unpaired) electrons. The first-order valence-corrected chi connectivity index (χ1v) is 14.7. The lowest BCUT2D eigenvalue weighted by atomic mass is 10.1. The Bertz CT molecular complexity index is 1190. The minimum absolute atomic E-state index is 0.0358. The molecule has 0 spiro atoms. The van der Waals surface area contributed by atoms with Crippen LogP contribution in [0.15, 0.2) is 42.5 Å². The van der Waals surface area contributed by atoms with Gasteiger partial charge in [0.2, 0.25) is 21.8 Å². The van der Waals surface area contributed by atoms with E-state index in [1.165, 1.54) is 4.90 Å². The lowest BCUT2D eigenvalue weighted by Gasteiger charge is -2.33. The van der Waals surface area contributed by atoms with E-state index in [9.17, 15) is 18.0 Å². The molecule has 37 heavy (non-hydrogen) atoms. The number of nitrogens with one attached hydrogen (secondary N) is 1. The quantitative estimate of drug-likeness (QED) is 0.374. The zero-order valence-electron chi connectivity index (χ0n) is 21.8. The number of sulfonamides is 1. The number of carbonyl (C=O) groups excluding carboxylic acids is 2. The van der Waals surface area contributed by atoms with Gasteiger partial charge in [0.25, 0.3) is 0 Å². The molecule has 2 amide bonds. The molecule has 0 fully saturated rings. The number of amides is 2. The maximum atomic E-state index is 13.8. The van der Waals surface area contributed by atoms with Crippen LogP contribution >= 0.6 is 23.2 Å². The molecule has 0 unspecified atom stereocenters. The number of para-hydroxylation sites is 2. The lowest BCUT2D eigenvalue weighted by Crippen LogP contribution is -2.52. The normalized spacial score (nSPS) is 12.2. The highest BCUT2D eigenvalue weighted by Gasteiger charge is 2.32. The fourth-order valence-electron chi connectivity index (χ4n) is 3.71. The zero-order valence-corrected chi connectivity index (χ0v) is 24.2. The highest BCUT2D eigenvalue weighted by atomic mass is 35.5. The summed E-state index contributed by atoms with van der Waals surface area (Å²) in [6, 6.07) is 10.7. The Morgan fingerprint density at radius 3 is 2.30 bits per heavy atom. The second-order valence-corrected chi connectivity index (χ2v) is 11.7. The number of rotatable bonds is 13. The van der Waals surface area contributed by atoms with Crippen molar-refractivity contribution in [3.63, 3.8) is 0 Å². The van der Waals surface area contributed by atoms with E-state index in [1.807, 2.05) is 13.8 Å². The SMILES string of the molecule is CCOc1ccccc1N(CC(=O)N(Cc1ccc(Cl)c(Cl)c1)[C@H](CC)C(=O)NCC(C)C)S(C)(=O)=O. The van der Waals surface area contributed by atoms with Crippen molar-refractivity contribution in [3.05, 3.63) is 58.1 Å². The summed E-state index contributed by atoms with van der Waals surface area (Å²) >= 11 is 12.2. The second kappa shape index (κ2) is 13.9. The third kappa shape index (κ3) is 8.79. The van der Waals surface area contributed by atoms with Gasteiger partial charge in [0.1, 0.15) is 18.3 Å². The molecule has 2 aromatic carbocycles. The van der Waals surface area contributed by atoms with E-state index in [2.05, 4.69) is 5.32 Å². The molecular weight excluding hydrogens is 537 g/mol. The van der Waals surface area contributed by atoms with E-state index in [0.29, 0.717) is 40.9 Å². The molecule has 1 N–H and O–H groups in total. The summed E-state index contributed by atoms with van der Waals surface area (Å²) < 4.78 is 32.3. The molecule has 204 valence electrons. The number of ether oxygens (including phenoxy) is 1. The Morgan fingerprint density at radius 2 is 1.73 bits per heavy atom. The monoisotopic (exact) mass is 571 g/mol. The molecule has 0 aliphatic carbocycles. The van der Waals surface area contributed by atoms with Gasteiger partial charge in [-0.2, -0.15) is 0 Å². The average molecular weight is 573 g/mol. The first-order valence-electron chi connectivity index (χ1n) is 12.1. The van der Waals surface area contributed by atoms with Crippen molar-refractivity contribution in [1.29, 1.82) is 0 Å². The van der Waals surface area contributed by atoms with E-state index in [0.717, 1.165) is 10.6 Å². The summed E-state index contributed by atoms with van der Waals surface area (Å²) in [5.74, 6) is -0.308. The smallest absolute Gasteiger partial charge is 0.244 e. The standard InChI is InChI=1S/C26H35Cl2N3O5S/c1-6-22(26(33)29-15-18(3)4)30(16-19-12-13-20(27)21(28)14-19)25(32)17-31(37(5,34)35)23-10-8-9-11-24(23)36-7-2/h8-14,18,22H,6-7,15-17H2,1-5H3,(H,29,33)/t22-/m1/s1. The Balaban J connectivity index is 2.49. The molecule has 2 rings (SSSR count). The molecule has 2 aromatic rings. The predicted molar refractivity (Wildman–Crippen MR) is 149 cm³/mol. The summed E-state index contributed by atoms with van der Waals surface area (Å²) in [7, 11) is -3.88. The molecule has 0 bridgehead atoms. The van der Waals surface area contributed by atoms with Crippen LogP contribution in [0.4, 0.5) is 5.69 Å². The Morgan fingerprint density at radius 1 is 1.05 bits per heavy atom. The molecule has 0 saturated carbocycles. The van der Waals surface area contributed by atoms with Gasteiger partial charge in [0, 0.05) is 13.1 Å². The molecule has 0 aliphatic heterocycles. The van der Waals surface area contributed by atoms with Crippen LogP contribution in [0.5, 0.6) is 5.75 Å². The van der Waals surface area contributed by atoms with Crippen LogP contribution in [0.1, 0.15) is 39.7 Å². The fourth-order valence-corrected chi connectivity index (χ4v) is 4.89. The van der Waals surface area contributed by atoms with E-state index in [4.69, 9.17) is 27.9 Å². The average Bonchev–Trinajstić information content (AvgIpc) is 2.83. The van der Waals surface area contributed by atoms with Crippen molar-refractivity contribution < 1.29 is 22.7 Å². The minimum Gasteiger partial charge on any atom is -0.492 e. The first-order chi connectivity index (χ1) is 17.4. The lowest BCUT2D eigenvalue weighted by molar-refractivity contribution is -0.140. The maximum absolute atomic E-state index is 13.8. The van der Waals surface area contributed by atoms with Crippen LogP contribution in [-0.2, 0) is 26.2 Å². The Kier molecular flexibility index (Phi) is 11.5. The van der Waals surface area contributed by atoms with Crippen LogP contribution in [-0.4, -0.2) is 57.1 Å². The van der Waals surface area contributed by atoms with Crippen molar-refractivity contribution in [2.24, 2.45) is 5.92 Å². The van der Waals surface area contributed by atoms with E-state index in [1.54, 1.807) is 56.3 Å². The van der Waals surface area contributed by atoms with Gasteiger partial charge >= 0.3 is 0 Å². The molecule has 0 saturated heterocycles. The fraction of sp³-hybridized carbons (Fsp3) is 0.462. The molecular formula is C26H35Cl2N3O5S. The van der Waals surface area contributed by atoms with Gasteiger partial charge in [-0.1, -0.05) is 62.2 Å². The van der Waals surface area contributed by atoms with Gasteiger partial charge in [-0.15, -0.1) is 0 Å². The number of anilines is 1. The van der Waals surface area contributed by atoms with Crippen molar-refractivity contribution in [3.8, 4) is 5.75 Å². The number of carbonyl (C=O) groups is 2. The summed E-state index contributed by atoms with van der Waals surface area (Å²) in [5, 5.41) is 3.56. The van der Waals surface area contributed by atoms with E-state index < -0.39 is 28.5 Å². The Hall–Kier alpha value is -2.49. The molecule has 8 nitrogen and oxygen atoms in total. The number of hydrogen-bond donors (Lipinski definition) is 1. The molecule has 1 atom stereocenters. The summed E-state index contributed by atoms with van der Waals surface area (Å²) in [6.07, 6.45) is 1.35. The van der Waals surface area contributed by atoms with Gasteiger partial charge < -0.3 is 15.0 Å². The minimum atomic E-state index is -3.88. The van der Waals surface area contributed by atoms with Crippen LogP contribution in [0.3, 0.4) is 0 Å². The van der Waals surface area contributed by atoms with Crippen LogP contribution in [0, 0.1) is 5.92 Å². The van der Waals surface area contributed by atoms with Crippen molar-refractivity contribution in [2.45, 2.75) is 46.7 Å². The van der Waals surface area contributed by atoms with Gasteiger partial charge in [-0.25, -0.2) is 8.42 Å². The van der Waals surface area contributed by atoms with E-state index in [-0.39, 0.29) is 24.1 Å². The highest BCUT2D eigenvalue weighted by molar-refractivity contribution is 7.92. The van der Waals surface area contributed by atoms with Crippen LogP contribution in [0.2, 0.25) is 10.0 Å². The van der Waals surface area contributed by atoms with Crippen molar-refractivity contribution in [1.82, 2.24) is 10.2 Å². The highest BCUT2D eigenvalue weighted by Crippen LogP contribution is 2.30. The predicted octanol–water partition coefficient (Wildman–Crippen LogP) is 4.74. The van der Waals surface area contributed by atoms with Crippen molar-refractivity contribution >= 4 is 50.7 Å². The number of halogens is 2. The molecule has 0 heterocycles. The summed E-state index contributed by atoms with van der Waals surface area (Å²) in [5.41, 5.74) is 0.894. The first kappa shape index (κ1) is 30.7. The van der Waals surface area contributed by atoms with Gasteiger partial charge in [-0.05, 0) is 49.1 Å². The maximum Gasteiger partial charge on any atom is 0.244 e. The van der Waals surface area contributed by atoms with Crippen LogP contribution < -0.4 is 14.4 Å².